The van der Waals surface area contributed by atoms with Crippen molar-refractivity contribution in [2.24, 2.45) is 0 Å². The second kappa shape index (κ2) is 6.33. The van der Waals surface area contributed by atoms with Gasteiger partial charge in [0.15, 0.2) is 0 Å². The minimum Gasteiger partial charge on any atom is -0.477 e. The maximum atomic E-state index is 12.4. The topological polar surface area (TPSA) is 104 Å². The molecule has 7 nitrogen and oxygen atoms in total. The maximum Gasteiger partial charge on any atom is 0.347 e. The van der Waals surface area contributed by atoms with Gasteiger partial charge in [0, 0.05) is 27.1 Å². The molecule has 1 rings (SSSR count). The number of rotatable bonds is 6. The molecule has 0 aromatic carbocycles. The molecule has 0 spiro atoms. The molecule has 112 valence electrons. The van der Waals surface area contributed by atoms with Gasteiger partial charge in [0.2, 0.25) is 15.9 Å². The van der Waals surface area contributed by atoms with Crippen molar-refractivity contribution < 1.29 is 23.1 Å². The predicted molar refractivity (Wildman–Crippen MR) is 74.5 cm³/mol. The first-order valence-electron chi connectivity index (χ1n) is 5.70. The molecule has 0 unspecified atom stereocenters. The molecule has 1 aromatic rings. The first-order chi connectivity index (χ1) is 9.21. The highest BCUT2D eigenvalue weighted by Crippen LogP contribution is 2.29. The molecule has 9 heteroatoms. The summed E-state index contributed by atoms with van der Waals surface area (Å²) in [6.45, 7) is 1.53. The van der Waals surface area contributed by atoms with Gasteiger partial charge in [-0.05, 0) is 17.9 Å². The van der Waals surface area contributed by atoms with Gasteiger partial charge < -0.3 is 10.4 Å². The van der Waals surface area contributed by atoms with Crippen LogP contribution in [0, 0.1) is 6.92 Å². The number of hydrogen-bond donors (Lipinski definition) is 2. The van der Waals surface area contributed by atoms with Crippen LogP contribution in [-0.4, -0.2) is 50.3 Å². The Bertz CT molecular complexity index is 621. The minimum atomic E-state index is -3.92. The van der Waals surface area contributed by atoms with E-state index in [2.05, 4.69) is 5.32 Å². The maximum absolute atomic E-state index is 12.4. The monoisotopic (exact) mass is 320 g/mol. The average Bonchev–Trinajstić information content (AvgIpc) is 2.77. The molecule has 2 N–H and O–H groups in total. The van der Waals surface area contributed by atoms with Crippen molar-refractivity contribution in [2.75, 3.05) is 20.6 Å². The second-order valence-corrected chi connectivity index (χ2v) is 6.99. The van der Waals surface area contributed by atoms with E-state index in [1.165, 1.54) is 19.5 Å². The van der Waals surface area contributed by atoms with E-state index in [0.29, 0.717) is 5.56 Å². The van der Waals surface area contributed by atoms with Crippen molar-refractivity contribution in [3.05, 3.63) is 15.8 Å². The molecular formula is C11H16N2O5S2. The fourth-order valence-electron chi connectivity index (χ4n) is 1.56. The molecule has 0 aliphatic carbocycles. The Morgan fingerprint density at radius 3 is 2.55 bits per heavy atom. The molecule has 0 fully saturated rings. The highest BCUT2D eigenvalue weighted by Gasteiger charge is 2.30. The zero-order chi connectivity index (χ0) is 15.5. The molecule has 0 saturated heterocycles. The summed E-state index contributed by atoms with van der Waals surface area (Å²) in [6, 6.07) is 0. The van der Waals surface area contributed by atoms with E-state index in [-0.39, 0.29) is 28.6 Å². The van der Waals surface area contributed by atoms with Crippen molar-refractivity contribution in [1.29, 1.82) is 0 Å². The lowest BCUT2D eigenvalue weighted by Crippen LogP contribution is -2.32. The van der Waals surface area contributed by atoms with E-state index in [9.17, 15) is 18.0 Å². The number of sulfonamides is 1. The number of carboxylic acid groups (broad SMARTS) is 1. The van der Waals surface area contributed by atoms with Gasteiger partial charge in [0.1, 0.15) is 9.77 Å². The van der Waals surface area contributed by atoms with Crippen LogP contribution in [0.1, 0.15) is 21.7 Å². The van der Waals surface area contributed by atoms with Gasteiger partial charge >= 0.3 is 5.97 Å². The van der Waals surface area contributed by atoms with Crippen molar-refractivity contribution in [1.82, 2.24) is 9.62 Å². The number of hydrogen-bond acceptors (Lipinski definition) is 5. The van der Waals surface area contributed by atoms with Crippen molar-refractivity contribution in [2.45, 2.75) is 18.2 Å². The van der Waals surface area contributed by atoms with Crippen molar-refractivity contribution >= 4 is 33.2 Å². The lowest BCUT2D eigenvalue weighted by molar-refractivity contribution is -0.120. The van der Waals surface area contributed by atoms with Crippen LogP contribution in [0.4, 0.5) is 0 Å². The number of aryl methyl sites for hydroxylation is 1. The molecule has 0 bridgehead atoms. The Morgan fingerprint density at radius 2 is 2.05 bits per heavy atom. The Labute approximate surface area is 121 Å². The van der Waals surface area contributed by atoms with Gasteiger partial charge in [-0.15, -0.1) is 11.3 Å². The summed E-state index contributed by atoms with van der Waals surface area (Å²) in [5, 5.41) is 12.9. The molecule has 1 heterocycles. The molecule has 1 amide bonds. The quantitative estimate of drug-likeness (QED) is 0.795. The fourth-order valence-corrected chi connectivity index (χ4v) is 4.31. The summed E-state index contributed by atoms with van der Waals surface area (Å²) in [5.41, 5.74) is 0.388. The van der Waals surface area contributed by atoms with Crippen molar-refractivity contribution in [3.63, 3.8) is 0 Å². The SMILES string of the molecule is CNC(=O)CCN(C)S(=O)(=O)c1c(C)csc1C(=O)O. The van der Waals surface area contributed by atoms with Crippen LogP contribution in [0.2, 0.25) is 0 Å². The lowest BCUT2D eigenvalue weighted by atomic mass is 10.3. The molecule has 0 atom stereocenters. The zero-order valence-corrected chi connectivity index (χ0v) is 13.0. The first kappa shape index (κ1) is 16.6. The largest absolute Gasteiger partial charge is 0.477 e. The highest BCUT2D eigenvalue weighted by molar-refractivity contribution is 7.89. The van der Waals surface area contributed by atoms with Gasteiger partial charge in [-0.1, -0.05) is 0 Å². The average molecular weight is 320 g/mol. The number of thiophene rings is 1. The van der Waals surface area contributed by atoms with E-state index >= 15 is 0 Å². The molecule has 0 aliphatic heterocycles. The van der Waals surface area contributed by atoms with Crippen LogP contribution in [-0.2, 0) is 14.8 Å². The number of amides is 1. The van der Waals surface area contributed by atoms with E-state index in [1.807, 2.05) is 0 Å². The predicted octanol–water partition coefficient (Wildman–Crippen LogP) is 0.511. The highest BCUT2D eigenvalue weighted by atomic mass is 32.2. The minimum absolute atomic E-state index is 0.0117. The number of aromatic carboxylic acids is 1. The van der Waals surface area contributed by atoms with Gasteiger partial charge in [0.25, 0.3) is 0 Å². The Balaban J connectivity index is 3.08. The van der Waals surface area contributed by atoms with E-state index < -0.39 is 16.0 Å². The zero-order valence-electron chi connectivity index (χ0n) is 11.3. The first-order valence-corrected chi connectivity index (χ1v) is 8.02. The Morgan fingerprint density at radius 1 is 1.45 bits per heavy atom. The molecule has 20 heavy (non-hydrogen) atoms. The van der Waals surface area contributed by atoms with Gasteiger partial charge in [0.05, 0.1) is 0 Å². The van der Waals surface area contributed by atoms with Crippen LogP contribution in [0.3, 0.4) is 0 Å². The third-order valence-corrected chi connectivity index (χ3v) is 5.97. The van der Waals surface area contributed by atoms with Crippen LogP contribution in [0.15, 0.2) is 10.3 Å². The number of carbonyl (C=O) groups excluding carboxylic acids is 1. The molecule has 0 radical (unpaired) electrons. The van der Waals surface area contributed by atoms with Crippen molar-refractivity contribution in [3.8, 4) is 0 Å². The summed E-state index contributed by atoms with van der Waals surface area (Å²) >= 11 is 0.873. The van der Waals surface area contributed by atoms with Crippen LogP contribution < -0.4 is 5.32 Å². The molecule has 0 aliphatic rings. The number of carboxylic acids is 1. The summed E-state index contributed by atoms with van der Waals surface area (Å²) < 4.78 is 25.7. The fraction of sp³-hybridized carbons (Fsp3) is 0.455. The van der Waals surface area contributed by atoms with E-state index in [1.54, 1.807) is 6.92 Å². The van der Waals surface area contributed by atoms with Crippen LogP contribution >= 0.6 is 11.3 Å². The summed E-state index contributed by atoms with van der Waals surface area (Å²) in [5.74, 6) is -1.56. The number of nitrogens with one attached hydrogen (secondary N) is 1. The lowest BCUT2D eigenvalue weighted by Gasteiger charge is -2.17. The van der Waals surface area contributed by atoms with Crippen LogP contribution in [0.25, 0.3) is 0 Å². The third kappa shape index (κ3) is 3.35. The summed E-state index contributed by atoms with van der Waals surface area (Å²) in [4.78, 5) is 21.8. The molecular weight excluding hydrogens is 304 g/mol. The molecule has 0 saturated carbocycles. The van der Waals surface area contributed by atoms with Gasteiger partial charge in [-0.25, -0.2) is 17.5 Å². The standard InChI is InChI=1S/C11H16N2O5S2/c1-7-6-19-9(11(15)16)10(7)20(17,18)13(3)5-4-8(14)12-2/h6H,4-5H2,1-3H3,(H,12,14)(H,15,16). The Kier molecular flexibility index (Phi) is 5.26. The number of carbonyl (C=O) groups is 2. The van der Waals surface area contributed by atoms with E-state index in [0.717, 1.165) is 15.6 Å². The van der Waals surface area contributed by atoms with Gasteiger partial charge in [-0.3, -0.25) is 4.79 Å². The van der Waals surface area contributed by atoms with Gasteiger partial charge in [-0.2, -0.15) is 0 Å². The smallest absolute Gasteiger partial charge is 0.347 e. The summed E-state index contributed by atoms with van der Waals surface area (Å²) in [6.07, 6.45) is 0.0117. The molecule has 1 aromatic heterocycles. The second-order valence-electron chi connectivity index (χ2n) is 4.13. The van der Waals surface area contributed by atoms with Crippen LogP contribution in [0.5, 0.6) is 0 Å². The van der Waals surface area contributed by atoms with E-state index in [4.69, 9.17) is 5.11 Å². The number of nitrogens with zero attached hydrogens (tertiary/aromatic N) is 1. The normalized spacial score (nSPS) is 11.6. The summed E-state index contributed by atoms with van der Waals surface area (Å²) in [7, 11) is -1.14. The third-order valence-electron chi connectivity index (χ3n) is 2.71. The Hall–Kier alpha value is -1.45.